The molecule has 2 N–H and O–H groups in total. The molecule has 1 aromatic carbocycles. The van der Waals surface area contributed by atoms with E-state index in [1.807, 2.05) is 0 Å². The molecule has 2 aromatic rings. The van der Waals surface area contributed by atoms with Gasteiger partial charge in [0, 0.05) is 18.3 Å². The van der Waals surface area contributed by atoms with Crippen LogP contribution < -0.4 is 11.2 Å². The SMILES string of the molecule is CCC(OC(O)CN=O)n1cc(CCCN2C(=O)c3ccccc3C2=O)c(=O)[nH]c1=O. The van der Waals surface area contributed by atoms with Crippen molar-refractivity contribution in [1.29, 1.82) is 0 Å². The highest BCUT2D eigenvalue weighted by molar-refractivity contribution is 6.21. The number of H-pyrrole nitrogens is 1. The highest BCUT2D eigenvalue weighted by Crippen LogP contribution is 2.22. The zero-order chi connectivity index (χ0) is 22.5. The van der Waals surface area contributed by atoms with Crippen molar-refractivity contribution in [3.8, 4) is 0 Å². The van der Waals surface area contributed by atoms with Gasteiger partial charge in [-0.2, -0.15) is 4.91 Å². The van der Waals surface area contributed by atoms with Gasteiger partial charge in [0.15, 0.2) is 6.29 Å². The van der Waals surface area contributed by atoms with Crippen molar-refractivity contribution in [2.75, 3.05) is 13.1 Å². The highest BCUT2D eigenvalue weighted by atomic mass is 16.6. The number of aliphatic hydroxyl groups is 1. The van der Waals surface area contributed by atoms with Crippen LogP contribution in [0.25, 0.3) is 0 Å². The Balaban J connectivity index is 1.71. The number of hydrogen-bond acceptors (Lipinski definition) is 8. The molecule has 1 aromatic heterocycles. The van der Waals surface area contributed by atoms with Gasteiger partial charge in [0.2, 0.25) is 0 Å². The Hall–Kier alpha value is -3.44. The number of aryl methyl sites for hydroxylation is 1. The van der Waals surface area contributed by atoms with Crippen LogP contribution in [0.2, 0.25) is 0 Å². The molecule has 2 atom stereocenters. The molecule has 31 heavy (non-hydrogen) atoms. The molecular weight excluding hydrogens is 408 g/mol. The van der Waals surface area contributed by atoms with Crippen LogP contribution in [0.4, 0.5) is 0 Å². The van der Waals surface area contributed by atoms with Gasteiger partial charge in [0.1, 0.15) is 12.8 Å². The van der Waals surface area contributed by atoms with E-state index < -0.39 is 30.3 Å². The summed E-state index contributed by atoms with van der Waals surface area (Å²) in [5.41, 5.74) is -0.363. The van der Waals surface area contributed by atoms with Crippen molar-refractivity contribution in [3.63, 3.8) is 0 Å². The lowest BCUT2D eigenvalue weighted by molar-refractivity contribution is -0.156. The van der Waals surface area contributed by atoms with Gasteiger partial charge in [0.25, 0.3) is 17.4 Å². The zero-order valence-corrected chi connectivity index (χ0v) is 16.8. The van der Waals surface area contributed by atoms with E-state index in [4.69, 9.17) is 4.74 Å². The minimum absolute atomic E-state index is 0.113. The molecule has 1 aliphatic rings. The second-order valence-electron chi connectivity index (χ2n) is 7.00. The number of imide groups is 1. The van der Waals surface area contributed by atoms with Gasteiger partial charge in [-0.05, 0) is 31.4 Å². The van der Waals surface area contributed by atoms with Crippen molar-refractivity contribution in [2.24, 2.45) is 5.18 Å². The molecule has 0 aliphatic carbocycles. The number of carbonyl (C=O) groups excluding carboxylic acids is 2. The average Bonchev–Trinajstić information content (AvgIpc) is 2.99. The van der Waals surface area contributed by atoms with E-state index in [0.29, 0.717) is 17.5 Å². The van der Waals surface area contributed by atoms with E-state index in [1.165, 1.54) is 6.20 Å². The van der Waals surface area contributed by atoms with Crippen LogP contribution in [0.1, 0.15) is 52.3 Å². The normalized spacial score (nSPS) is 15.1. The second-order valence-corrected chi connectivity index (χ2v) is 7.00. The van der Waals surface area contributed by atoms with Gasteiger partial charge in [-0.25, -0.2) is 4.79 Å². The number of hydrogen-bond donors (Lipinski definition) is 2. The first kappa shape index (κ1) is 22.2. The number of carbonyl (C=O) groups is 2. The van der Waals surface area contributed by atoms with Crippen LogP contribution in [0, 0.1) is 4.91 Å². The van der Waals surface area contributed by atoms with E-state index in [9.17, 15) is 29.2 Å². The van der Waals surface area contributed by atoms with Gasteiger partial charge >= 0.3 is 5.69 Å². The summed E-state index contributed by atoms with van der Waals surface area (Å²) < 4.78 is 6.37. The number of amides is 2. The predicted octanol–water partition coefficient (Wildman–Crippen LogP) is 0.775. The molecule has 0 fully saturated rings. The zero-order valence-electron chi connectivity index (χ0n) is 16.8. The number of aromatic nitrogens is 2. The summed E-state index contributed by atoms with van der Waals surface area (Å²) >= 11 is 0. The summed E-state index contributed by atoms with van der Waals surface area (Å²) in [5.74, 6) is -0.756. The number of rotatable bonds is 10. The van der Waals surface area contributed by atoms with Gasteiger partial charge < -0.3 is 9.84 Å². The largest absolute Gasteiger partial charge is 0.366 e. The minimum Gasteiger partial charge on any atom is -0.366 e. The Kier molecular flexibility index (Phi) is 6.88. The number of nitroso groups, excluding NO2 is 1. The molecule has 0 spiro atoms. The molecular formula is C20H22N4O7. The molecule has 2 heterocycles. The van der Waals surface area contributed by atoms with Crippen molar-refractivity contribution < 1.29 is 19.4 Å². The molecule has 3 rings (SSSR count). The number of nitrogens with one attached hydrogen (secondary N) is 1. The van der Waals surface area contributed by atoms with E-state index in [1.54, 1.807) is 31.2 Å². The summed E-state index contributed by atoms with van der Waals surface area (Å²) in [6, 6.07) is 6.56. The second kappa shape index (κ2) is 9.58. The Bertz CT molecular complexity index is 1070. The Morgan fingerprint density at radius 1 is 1.13 bits per heavy atom. The minimum atomic E-state index is -1.49. The molecule has 2 unspecified atom stereocenters. The first-order valence-corrected chi connectivity index (χ1v) is 9.79. The van der Waals surface area contributed by atoms with Crippen molar-refractivity contribution in [2.45, 2.75) is 38.7 Å². The van der Waals surface area contributed by atoms with Gasteiger partial charge in [-0.3, -0.25) is 28.8 Å². The third kappa shape index (κ3) is 4.67. The number of nitrogens with zero attached hydrogens (tertiary/aromatic N) is 3. The Morgan fingerprint density at radius 2 is 1.77 bits per heavy atom. The predicted molar refractivity (Wildman–Crippen MR) is 109 cm³/mol. The third-order valence-corrected chi connectivity index (χ3v) is 4.95. The average molecular weight is 430 g/mol. The Labute approximate surface area is 176 Å². The van der Waals surface area contributed by atoms with Crippen molar-refractivity contribution >= 4 is 11.8 Å². The van der Waals surface area contributed by atoms with E-state index in [-0.39, 0.29) is 36.8 Å². The van der Waals surface area contributed by atoms with Crippen LogP contribution in [0.15, 0.2) is 45.2 Å². The summed E-state index contributed by atoms with van der Waals surface area (Å²) in [4.78, 5) is 62.8. The van der Waals surface area contributed by atoms with Crippen molar-refractivity contribution in [1.82, 2.24) is 14.5 Å². The van der Waals surface area contributed by atoms with E-state index >= 15 is 0 Å². The number of aliphatic hydroxyl groups excluding tert-OH is 1. The quantitative estimate of drug-likeness (QED) is 0.321. The molecule has 0 saturated carbocycles. The van der Waals surface area contributed by atoms with Crippen LogP contribution in [-0.4, -0.2) is 50.8 Å². The highest BCUT2D eigenvalue weighted by Gasteiger charge is 2.34. The summed E-state index contributed by atoms with van der Waals surface area (Å²) in [6.07, 6.45) is -0.315. The summed E-state index contributed by atoms with van der Waals surface area (Å²) in [5, 5.41) is 12.2. The Morgan fingerprint density at radius 3 is 2.35 bits per heavy atom. The molecule has 11 nitrogen and oxygen atoms in total. The van der Waals surface area contributed by atoms with Crippen LogP contribution in [-0.2, 0) is 11.2 Å². The molecule has 2 amide bonds. The number of benzene rings is 1. The fraction of sp³-hybridized carbons (Fsp3) is 0.400. The van der Waals surface area contributed by atoms with Crippen molar-refractivity contribution in [3.05, 3.63) is 72.9 Å². The molecule has 0 saturated heterocycles. The van der Waals surface area contributed by atoms with E-state index in [0.717, 1.165) is 9.47 Å². The standard InChI is InChI=1S/C20H22N4O7/c1-2-15(31-16(25)10-21-30)24-11-12(17(26)22-20(24)29)6-5-9-23-18(27)13-7-3-4-8-14(13)19(23)28/h3-4,7-8,11,15-16,25H,2,5-6,9-10H2,1H3,(H,22,26,29). The molecule has 1 aliphatic heterocycles. The maximum Gasteiger partial charge on any atom is 0.330 e. The maximum atomic E-state index is 12.4. The monoisotopic (exact) mass is 430 g/mol. The summed E-state index contributed by atoms with van der Waals surface area (Å²) in [6.45, 7) is 1.31. The lowest BCUT2D eigenvalue weighted by Crippen LogP contribution is -2.36. The van der Waals surface area contributed by atoms with Crippen LogP contribution in [0.3, 0.4) is 0 Å². The maximum absolute atomic E-state index is 12.4. The summed E-state index contributed by atoms with van der Waals surface area (Å²) in [7, 11) is 0. The molecule has 164 valence electrons. The van der Waals surface area contributed by atoms with Gasteiger partial charge in [0.05, 0.1) is 11.1 Å². The van der Waals surface area contributed by atoms with Gasteiger partial charge in [-0.15, -0.1) is 0 Å². The van der Waals surface area contributed by atoms with Crippen LogP contribution in [0.5, 0.6) is 0 Å². The molecule has 0 bridgehead atoms. The third-order valence-electron chi connectivity index (χ3n) is 4.95. The lowest BCUT2D eigenvalue weighted by Gasteiger charge is -2.21. The molecule has 11 heteroatoms. The fourth-order valence-corrected chi connectivity index (χ4v) is 3.44. The van der Waals surface area contributed by atoms with Crippen LogP contribution >= 0.6 is 0 Å². The number of aromatic amines is 1. The number of fused-ring (bicyclic) bond motifs is 1. The number of ether oxygens (including phenoxy) is 1. The first-order valence-electron chi connectivity index (χ1n) is 9.79. The first-order chi connectivity index (χ1) is 14.9. The smallest absolute Gasteiger partial charge is 0.330 e. The lowest BCUT2D eigenvalue weighted by atomic mass is 10.1. The topological polar surface area (TPSA) is 151 Å². The van der Waals surface area contributed by atoms with E-state index in [2.05, 4.69) is 10.2 Å². The van der Waals surface area contributed by atoms with Gasteiger partial charge in [-0.1, -0.05) is 24.2 Å². The molecule has 0 radical (unpaired) electrons. The fourth-order valence-electron chi connectivity index (χ4n) is 3.44.